The third kappa shape index (κ3) is 1.73. The van der Waals surface area contributed by atoms with Crippen molar-refractivity contribution in [3.63, 3.8) is 0 Å². The maximum atomic E-state index is 5.83. The Bertz CT molecular complexity index is 846. The molecule has 5 rings (SSSR count). The Morgan fingerprint density at radius 2 is 2.08 bits per heavy atom. The van der Waals surface area contributed by atoms with Gasteiger partial charge in [0, 0.05) is 17.2 Å². The zero-order valence-electron chi connectivity index (χ0n) is 13.8. The van der Waals surface area contributed by atoms with Crippen LogP contribution in [0.4, 0.5) is 0 Å². The number of hydrogen-bond acceptors (Lipinski definition) is 5. The SMILES string of the molecule is COc1ccc2c(c1OC)CC1NCCc3cc4c(c-2c31)OCO4. The first-order valence-corrected chi connectivity index (χ1v) is 8.24. The minimum Gasteiger partial charge on any atom is -0.493 e. The monoisotopic (exact) mass is 325 g/mol. The van der Waals surface area contributed by atoms with Gasteiger partial charge in [-0.1, -0.05) is 0 Å². The largest absolute Gasteiger partial charge is 0.493 e. The summed E-state index contributed by atoms with van der Waals surface area (Å²) in [5, 5.41) is 3.65. The number of nitrogens with one attached hydrogen (secondary N) is 1. The molecule has 0 amide bonds. The molecule has 0 bridgehead atoms. The molecule has 0 saturated carbocycles. The maximum absolute atomic E-state index is 5.83. The van der Waals surface area contributed by atoms with Gasteiger partial charge in [0.1, 0.15) is 0 Å². The molecule has 2 aromatic carbocycles. The molecule has 1 aliphatic carbocycles. The summed E-state index contributed by atoms with van der Waals surface area (Å²) in [5.41, 5.74) is 6.19. The number of ether oxygens (including phenoxy) is 4. The van der Waals surface area contributed by atoms with Crippen molar-refractivity contribution < 1.29 is 18.9 Å². The molecular formula is C19H19NO4. The molecule has 5 nitrogen and oxygen atoms in total. The summed E-state index contributed by atoms with van der Waals surface area (Å²) in [6.45, 7) is 1.25. The third-order valence-corrected chi connectivity index (χ3v) is 5.25. The number of benzene rings is 2. The summed E-state index contributed by atoms with van der Waals surface area (Å²) in [7, 11) is 3.37. The van der Waals surface area contributed by atoms with Crippen LogP contribution in [-0.4, -0.2) is 27.6 Å². The molecule has 0 spiro atoms. The van der Waals surface area contributed by atoms with Crippen LogP contribution in [0.15, 0.2) is 18.2 Å². The van der Waals surface area contributed by atoms with Gasteiger partial charge in [-0.15, -0.1) is 0 Å². The first kappa shape index (κ1) is 14.0. The van der Waals surface area contributed by atoms with Gasteiger partial charge in [-0.25, -0.2) is 0 Å². The van der Waals surface area contributed by atoms with E-state index in [1.807, 2.05) is 6.07 Å². The second-order valence-corrected chi connectivity index (χ2v) is 6.35. The zero-order valence-corrected chi connectivity index (χ0v) is 13.8. The highest BCUT2D eigenvalue weighted by atomic mass is 16.7. The molecule has 0 saturated heterocycles. The summed E-state index contributed by atoms with van der Waals surface area (Å²) < 4.78 is 22.7. The van der Waals surface area contributed by atoms with Gasteiger partial charge in [-0.2, -0.15) is 0 Å². The Hall–Kier alpha value is -2.40. The average molecular weight is 325 g/mol. The van der Waals surface area contributed by atoms with Crippen molar-refractivity contribution in [1.82, 2.24) is 5.32 Å². The quantitative estimate of drug-likeness (QED) is 0.920. The Kier molecular flexibility index (Phi) is 2.94. The lowest BCUT2D eigenvalue weighted by atomic mass is 9.77. The second-order valence-electron chi connectivity index (χ2n) is 6.35. The molecule has 2 aliphatic heterocycles. The van der Waals surface area contributed by atoms with E-state index in [-0.39, 0.29) is 12.8 Å². The highest BCUT2D eigenvalue weighted by Gasteiger charge is 2.37. The molecule has 0 fully saturated rings. The molecule has 124 valence electrons. The van der Waals surface area contributed by atoms with Crippen LogP contribution < -0.4 is 24.3 Å². The van der Waals surface area contributed by atoms with Crippen molar-refractivity contribution >= 4 is 0 Å². The van der Waals surface area contributed by atoms with Gasteiger partial charge in [0.25, 0.3) is 0 Å². The van der Waals surface area contributed by atoms with Gasteiger partial charge in [-0.05, 0) is 54.3 Å². The van der Waals surface area contributed by atoms with E-state index in [9.17, 15) is 0 Å². The van der Waals surface area contributed by atoms with Gasteiger partial charge in [0.2, 0.25) is 6.79 Å². The standard InChI is InChI=1S/C19H19NO4/c1-21-14-4-3-11-12(18(14)22-2)8-13-16-10(5-6-20-13)7-15-19(17(11)16)24-9-23-15/h3-4,7,13,20H,5-6,8-9H2,1-2H3. The normalized spacial score (nSPS) is 19.5. The Morgan fingerprint density at radius 3 is 2.92 bits per heavy atom. The first-order chi connectivity index (χ1) is 11.8. The van der Waals surface area contributed by atoms with Crippen molar-refractivity contribution in [1.29, 1.82) is 0 Å². The molecule has 1 unspecified atom stereocenters. The summed E-state index contributed by atoms with van der Waals surface area (Å²) in [6.07, 6.45) is 1.90. The molecule has 3 aliphatic rings. The average Bonchev–Trinajstić information content (AvgIpc) is 3.08. The fourth-order valence-electron chi connectivity index (χ4n) is 4.27. The second kappa shape index (κ2) is 5.05. The van der Waals surface area contributed by atoms with Crippen molar-refractivity contribution in [2.75, 3.05) is 27.6 Å². The van der Waals surface area contributed by atoms with Crippen LogP contribution in [-0.2, 0) is 12.8 Å². The van der Waals surface area contributed by atoms with Crippen LogP contribution in [0.2, 0.25) is 0 Å². The molecule has 5 heteroatoms. The molecule has 1 N–H and O–H groups in total. The minimum atomic E-state index is 0.270. The molecule has 0 aromatic heterocycles. The molecule has 1 atom stereocenters. The Balaban J connectivity index is 1.85. The van der Waals surface area contributed by atoms with E-state index >= 15 is 0 Å². The lowest BCUT2D eigenvalue weighted by Crippen LogP contribution is -2.33. The predicted molar refractivity (Wildman–Crippen MR) is 89.3 cm³/mol. The van der Waals surface area contributed by atoms with E-state index in [4.69, 9.17) is 18.9 Å². The first-order valence-electron chi connectivity index (χ1n) is 8.24. The fraction of sp³-hybridized carbons (Fsp3) is 0.368. The molecule has 2 aromatic rings. The van der Waals surface area contributed by atoms with Gasteiger partial charge < -0.3 is 24.3 Å². The van der Waals surface area contributed by atoms with Gasteiger partial charge in [0.05, 0.1) is 14.2 Å². The van der Waals surface area contributed by atoms with Crippen molar-refractivity contribution in [2.45, 2.75) is 18.9 Å². The lowest BCUT2D eigenvalue weighted by molar-refractivity contribution is 0.174. The molecule has 2 heterocycles. The summed E-state index contributed by atoms with van der Waals surface area (Å²) in [5.74, 6) is 3.29. The zero-order chi connectivity index (χ0) is 16.3. The van der Waals surface area contributed by atoms with Gasteiger partial charge >= 0.3 is 0 Å². The maximum Gasteiger partial charge on any atom is 0.231 e. The van der Waals surface area contributed by atoms with Crippen LogP contribution in [0.5, 0.6) is 23.0 Å². The Morgan fingerprint density at radius 1 is 1.17 bits per heavy atom. The number of methoxy groups -OCH3 is 2. The predicted octanol–water partition coefficient (Wildman–Crippen LogP) is 2.84. The fourth-order valence-corrected chi connectivity index (χ4v) is 4.27. The smallest absolute Gasteiger partial charge is 0.231 e. The van der Waals surface area contributed by atoms with Crippen molar-refractivity contribution in [3.8, 4) is 34.1 Å². The van der Waals surface area contributed by atoms with Gasteiger partial charge in [-0.3, -0.25) is 0 Å². The molecule has 0 radical (unpaired) electrons. The molecule has 24 heavy (non-hydrogen) atoms. The minimum absolute atomic E-state index is 0.270. The van der Waals surface area contributed by atoms with Crippen LogP contribution in [0.25, 0.3) is 11.1 Å². The van der Waals surface area contributed by atoms with E-state index < -0.39 is 0 Å². The van der Waals surface area contributed by atoms with Crippen molar-refractivity contribution in [3.05, 3.63) is 34.9 Å². The topological polar surface area (TPSA) is 49.0 Å². The van der Waals surface area contributed by atoms with Crippen LogP contribution in [0, 0.1) is 0 Å². The summed E-state index contributed by atoms with van der Waals surface area (Å²) in [4.78, 5) is 0. The highest BCUT2D eigenvalue weighted by Crippen LogP contribution is 2.54. The summed E-state index contributed by atoms with van der Waals surface area (Å²) >= 11 is 0. The summed E-state index contributed by atoms with van der Waals surface area (Å²) in [6, 6.07) is 6.50. The third-order valence-electron chi connectivity index (χ3n) is 5.25. The van der Waals surface area contributed by atoms with E-state index in [1.165, 1.54) is 16.7 Å². The van der Waals surface area contributed by atoms with Gasteiger partial charge in [0.15, 0.2) is 23.0 Å². The number of fused-ring (bicyclic) bond motifs is 4. The number of hydrogen-bond donors (Lipinski definition) is 1. The van der Waals surface area contributed by atoms with Crippen molar-refractivity contribution in [2.24, 2.45) is 0 Å². The van der Waals surface area contributed by atoms with Crippen LogP contribution >= 0.6 is 0 Å². The highest BCUT2D eigenvalue weighted by molar-refractivity contribution is 5.86. The van der Waals surface area contributed by atoms with E-state index in [2.05, 4.69) is 17.4 Å². The van der Waals surface area contributed by atoms with Crippen LogP contribution in [0.3, 0.4) is 0 Å². The Labute approximate surface area is 140 Å². The van der Waals surface area contributed by atoms with Crippen LogP contribution in [0.1, 0.15) is 22.7 Å². The van der Waals surface area contributed by atoms with E-state index in [0.717, 1.165) is 53.5 Å². The van der Waals surface area contributed by atoms with E-state index in [1.54, 1.807) is 14.2 Å². The lowest BCUT2D eigenvalue weighted by Gasteiger charge is -2.35. The van der Waals surface area contributed by atoms with E-state index in [0.29, 0.717) is 0 Å². The molecular weight excluding hydrogens is 306 g/mol. The number of rotatable bonds is 2.